The number of aromatic nitrogens is 5. The van der Waals surface area contributed by atoms with Gasteiger partial charge in [0.05, 0.1) is 38.1 Å². The van der Waals surface area contributed by atoms with Crippen molar-refractivity contribution in [2.45, 2.75) is 44.3 Å². The van der Waals surface area contributed by atoms with Crippen molar-refractivity contribution in [1.82, 2.24) is 24.9 Å². The second kappa shape index (κ2) is 15.7. The van der Waals surface area contributed by atoms with Crippen molar-refractivity contribution < 1.29 is 31.8 Å². The molecule has 0 saturated carbocycles. The third kappa shape index (κ3) is 7.52. The lowest BCUT2D eigenvalue weighted by Crippen LogP contribution is -2.31. The lowest BCUT2D eigenvalue weighted by atomic mass is 10.0. The summed E-state index contributed by atoms with van der Waals surface area (Å²) in [6.07, 6.45) is -1.60. The van der Waals surface area contributed by atoms with Crippen LogP contribution in [0, 0.1) is 12.7 Å². The average molecular weight is 787 g/mol. The van der Waals surface area contributed by atoms with Gasteiger partial charge in [-0.05, 0) is 67.6 Å². The van der Waals surface area contributed by atoms with Crippen LogP contribution in [0.5, 0.6) is 17.4 Å². The Balaban J connectivity index is 1.42. The zero-order valence-electron chi connectivity index (χ0n) is 31.2. The monoisotopic (exact) mass is 786 g/mol. The van der Waals surface area contributed by atoms with Crippen LogP contribution >= 0.6 is 11.8 Å². The molecule has 1 aliphatic rings. The van der Waals surface area contributed by atoms with Crippen LogP contribution in [0.2, 0.25) is 0 Å². The Morgan fingerprint density at radius 1 is 0.946 bits per heavy atom. The van der Waals surface area contributed by atoms with Crippen LogP contribution in [0.4, 0.5) is 35.0 Å². The van der Waals surface area contributed by atoms with Crippen molar-refractivity contribution in [3.05, 3.63) is 107 Å². The largest absolute Gasteiger partial charge is 0.497 e. The van der Waals surface area contributed by atoms with Crippen LogP contribution in [0.3, 0.4) is 0 Å². The topological polar surface area (TPSA) is 125 Å². The molecule has 290 valence electrons. The molecular formula is C40H38F4N8O3S. The van der Waals surface area contributed by atoms with Gasteiger partial charge < -0.3 is 29.7 Å². The number of ether oxygens (including phenoxy) is 3. The van der Waals surface area contributed by atoms with Crippen molar-refractivity contribution >= 4 is 40.1 Å². The van der Waals surface area contributed by atoms with Crippen LogP contribution in [0.15, 0.2) is 78.1 Å². The maximum Gasteiger partial charge on any atom is 0.418 e. The van der Waals surface area contributed by atoms with E-state index in [4.69, 9.17) is 24.9 Å². The molecule has 2 aromatic carbocycles. The van der Waals surface area contributed by atoms with Gasteiger partial charge >= 0.3 is 6.18 Å². The van der Waals surface area contributed by atoms with Gasteiger partial charge in [-0.1, -0.05) is 42.1 Å². The van der Waals surface area contributed by atoms with Crippen molar-refractivity contribution in [3.63, 3.8) is 0 Å². The average Bonchev–Trinajstić information content (AvgIpc) is 3.38. The number of alkyl halides is 3. The summed E-state index contributed by atoms with van der Waals surface area (Å²) < 4.78 is 79.2. The molecule has 0 radical (unpaired) electrons. The summed E-state index contributed by atoms with van der Waals surface area (Å²) in [7, 11) is 3.12. The van der Waals surface area contributed by atoms with Crippen molar-refractivity contribution in [2.75, 3.05) is 49.2 Å². The Morgan fingerprint density at radius 3 is 2.16 bits per heavy atom. The van der Waals surface area contributed by atoms with Gasteiger partial charge in [0.1, 0.15) is 52.2 Å². The Morgan fingerprint density at radius 2 is 1.59 bits per heavy atom. The van der Waals surface area contributed by atoms with Crippen molar-refractivity contribution in [1.29, 1.82) is 0 Å². The van der Waals surface area contributed by atoms with Gasteiger partial charge in [0.15, 0.2) is 11.0 Å². The number of nitrogen functional groups attached to an aromatic ring is 1. The van der Waals surface area contributed by atoms with E-state index in [2.05, 4.69) is 19.9 Å². The number of methoxy groups -OCH3 is 2. The van der Waals surface area contributed by atoms with Crippen LogP contribution < -0.4 is 29.7 Å². The number of benzene rings is 2. The van der Waals surface area contributed by atoms with E-state index in [0.29, 0.717) is 28.7 Å². The molecule has 1 atom stereocenters. The summed E-state index contributed by atoms with van der Waals surface area (Å²) >= 11 is 1.17. The normalized spacial score (nSPS) is 13.3. The zero-order chi connectivity index (χ0) is 39.7. The number of hydrogen-bond donors (Lipinski definition) is 1. The number of pyridine rings is 3. The maximum absolute atomic E-state index is 17.2. The summed E-state index contributed by atoms with van der Waals surface area (Å²) in [5.74, 6) is 0.955. The minimum absolute atomic E-state index is 0.0624. The Hall–Kier alpha value is -5.90. The van der Waals surface area contributed by atoms with E-state index in [1.54, 1.807) is 57.0 Å². The van der Waals surface area contributed by atoms with Crippen LogP contribution in [0.1, 0.15) is 40.9 Å². The number of anilines is 3. The molecule has 0 fully saturated rings. The summed E-state index contributed by atoms with van der Waals surface area (Å²) in [5.41, 5.74) is 5.85. The molecule has 5 heterocycles. The van der Waals surface area contributed by atoms with Crippen LogP contribution in [-0.2, 0) is 19.3 Å². The first-order valence-electron chi connectivity index (χ1n) is 17.5. The number of nitrogens with zero attached hydrogens (tertiary/aromatic N) is 7. The Bertz CT molecular complexity index is 2330. The molecule has 2 N–H and O–H groups in total. The first-order chi connectivity index (χ1) is 26.9. The van der Waals surface area contributed by atoms with Gasteiger partial charge in [-0.25, -0.2) is 29.3 Å². The molecule has 1 unspecified atom stereocenters. The summed E-state index contributed by atoms with van der Waals surface area (Å²) in [4.78, 5) is 26.1. The number of aryl methyl sites for hydroxylation is 1. The van der Waals surface area contributed by atoms with Crippen molar-refractivity contribution in [2.24, 2.45) is 0 Å². The predicted molar refractivity (Wildman–Crippen MR) is 208 cm³/mol. The van der Waals surface area contributed by atoms with Gasteiger partial charge in [0, 0.05) is 30.4 Å². The predicted octanol–water partition coefficient (Wildman–Crippen LogP) is 8.44. The second-order valence-corrected chi connectivity index (χ2v) is 13.8. The van der Waals surface area contributed by atoms with Gasteiger partial charge in [0.25, 0.3) is 0 Å². The minimum Gasteiger partial charge on any atom is -0.497 e. The molecule has 11 nitrogen and oxygen atoms in total. The smallest absolute Gasteiger partial charge is 0.418 e. The molecule has 7 rings (SSSR count). The number of rotatable bonds is 11. The summed E-state index contributed by atoms with van der Waals surface area (Å²) in [6, 6.07) is 19.1. The molecule has 0 saturated heterocycles. The van der Waals surface area contributed by atoms with E-state index in [9.17, 15) is 0 Å². The summed E-state index contributed by atoms with van der Waals surface area (Å²) in [6.45, 7) is 4.00. The highest BCUT2D eigenvalue weighted by molar-refractivity contribution is 7.98. The standard InChI is InChI=1S/C40H38F4N8O3S/c1-22-32(40(42,43)44)29(19-30(47-22)51(20-24-8-12-26(53-3)13-9-24)21-25-10-14-27(54-4)15-11-25)34-33(41)35-31-37(50-39(49-35)56-5)52(17-18-55-38(31)48-34)23(2)28-7-6-16-46-36(28)45/h6-16,19,23H,17-18,20-21H2,1-5H3,(H2,45,46). The highest BCUT2D eigenvalue weighted by atomic mass is 32.2. The molecule has 6 aromatic rings. The molecule has 16 heteroatoms. The van der Waals surface area contributed by atoms with E-state index >= 15 is 17.6 Å². The van der Waals surface area contributed by atoms with Gasteiger partial charge in [-0.2, -0.15) is 13.2 Å². The lowest BCUT2D eigenvalue weighted by Gasteiger charge is -2.30. The maximum atomic E-state index is 17.2. The number of nitrogens with two attached hydrogens (primary N) is 1. The molecule has 0 bridgehead atoms. The van der Waals surface area contributed by atoms with Crippen molar-refractivity contribution in [3.8, 4) is 28.6 Å². The third-order valence-electron chi connectivity index (χ3n) is 9.64. The minimum atomic E-state index is -4.92. The summed E-state index contributed by atoms with van der Waals surface area (Å²) in [5, 5.41) is 0.344. The molecule has 4 aromatic heterocycles. The highest BCUT2D eigenvalue weighted by Crippen LogP contribution is 2.46. The SMILES string of the molecule is COc1ccc(CN(Cc2ccc(OC)cc2)c2cc(-c3nc4c5c(nc(SC)nc5c3F)N(C(C)c3cccnc3N)CCO4)c(C(F)(F)F)c(C)n2)cc1. The molecule has 0 amide bonds. The molecule has 1 aliphatic heterocycles. The fourth-order valence-electron chi connectivity index (χ4n) is 6.84. The lowest BCUT2D eigenvalue weighted by molar-refractivity contribution is -0.137. The van der Waals surface area contributed by atoms with Crippen LogP contribution in [-0.4, -0.2) is 58.5 Å². The van der Waals surface area contributed by atoms with Gasteiger partial charge in [-0.3, -0.25) is 0 Å². The molecule has 0 aliphatic carbocycles. The van der Waals surface area contributed by atoms with Gasteiger partial charge in [0.2, 0.25) is 5.88 Å². The third-order valence-corrected chi connectivity index (χ3v) is 10.2. The molecule has 56 heavy (non-hydrogen) atoms. The van der Waals surface area contributed by atoms with E-state index in [-0.39, 0.29) is 59.7 Å². The Labute approximate surface area is 324 Å². The van der Waals surface area contributed by atoms with E-state index in [0.717, 1.165) is 11.1 Å². The van der Waals surface area contributed by atoms with E-state index in [1.165, 1.54) is 24.8 Å². The number of halogens is 4. The van der Waals surface area contributed by atoms with E-state index < -0.39 is 34.9 Å². The molecular weight excluding hydrogens is 749 g/mol. The fraction of sp³-hybridized carbons (Fsp3) is 0.275. The highest BCUT2D eigenvalue weighted by Gasteiger charge is 2.39. The number of hydrogen-bond acceptors (Lipinski definition) is 12. The molecule has 0 spiro atoms. The first kappa shape index (κ1) is 38.4. The zero-order valence-corrected chi connectivity index (χ0v) is 32.0. The quantitative estimate of drug-likeness (QED) is 0.0770. The first-order valence-corrected chi connectivity index (χ1v) is 18.8. The van der Waals surface area contributed by atoms with Gasteiger partial charge in [-0.15, -0.1) is 0 Å². The number of thioether (sulfide) groups is 1. The Kier molecular flexibility index (Phi) is 10.7. The second-order valence-electron chi connectivity index (χ2n) is 13.1. The van der Waals surface area contributed by atoms with E-state index in [1.807, 2.05) is 47.1 Å². The fourth-order valence-corrected chi connectivity index (χ4v) is 7.20. The van der Waals surface area contributed by atoms with Crippen LogP contribution in [0.25, 0.3) is 22.2 Å².